The zero-order valence-corrected chi connectivity index (χ0v) is 13.5. The molecule has 2 unspecified atom stereocenters. The summed E-state index contributed by atoms with van der Waals surface area (Å²) in [4.78, 5) is 4.88. The molecule has 0 aromatic carbocycles. The van der Waals surface area contributed by atoms with Crippen molar-refractivity contribution in [3.63, 3.8) is 0 Å². The van der Waals surface area contributed by atoms with Gasteiger partial charge in [0.25, 0.3) is 0 Å². The normalized spacial score (nSPS) is 15.3. The topological polar surface area (TPSA) is 18.5 Å². The van der Waals surface area contributed by atoms with Crippen molar-refractivity contribution in [1.29, 1.82) is 0 Å². The Morgan fingerprint density at radius 3 is 2.22 bits per heavy atom. The molecule has 18 heavy (non-hydrogen) atoms. The van der Waals surface area contributed by atoms with Crippen molar-refractivity contribution >= 4 is 0 Å². The number of nitrogens with zero attached hydrogens (tertiary/aromatic N) is 2. The smallest absolute Gasteiger partial charge is 0.0105 e. The molecular weight excluding hydrogens is 222 g/mol. The summed E-state index contributed by atoms with van der Waals surface area (Å²) >= 11 is 0. The minimum Gasteiger partial charge on any atom is -0.316 e. The van der Waals surface area contributed by atoms with Crippen LogP contribution in [0.1, 0.15) is 40.5 Å². The largest absolute Gasteiger partial charge is 0.316 e. The van der Waals surface area contributed by atoms with Crippen LogP contribution in [0.15, 0.2) is 0 Å². The van der Waals surface area contributed by atoms with Crippen molar-refractivity contribution in [3.05, 3.63) is 0 Å². The number of nitrogens with one attached hydrogen (secondary N) is 1. The lowest BCUT2D eigenvalue weighted by Crippen LogP contribution is -2.42. The second kappa shape index (κ2) is 10.8. The maximum Gasteiger partial charge on any atom is 0.0105 e. The molecule has 0 radical (unpaired) electrons. The van der Waals surface area contributed by atoms with Gasteiger partial charge in [0.05, 0.1) is 0 Å². The average molecular weight is 257 g/mol. The van der Waals surface area contributed by atoms with Gasteiger partial charge in [-0.3, -0.25) is 0 Å². The summed E-state index contributed by atoms with van der Waals surface area (Å²) in [5, 5.41) is 3.53. The molecule has 0 aromatic rings. The molecule has 0 saturated heterocycles. The molecule has 0 rings (SSSR count). The van der Waals surface area contributed by atoms with E-state index in [0.717, 1.165) is 25.6 Å². The first kappa shape index (κ1) is 17.9. The van der Waals surface area contributed by atoms with Gasteiger partial charge in [0, 0.05) is 6.04 Å². The van der Waals surface area contributed by atoms with Crippen LogP contribution in [0, 0.1) is 5.92 Å². The Labute approximate surface area is 115 Å². The molecule has 0 saturated carbocycles. The lowest BCUT2D eigenvalue weighted by molar-refractivity contribution is 0.160. The monoisotopic (exact) mass is 257 g/mol. The molecule has 3 nitrogen and oxygen atoms in total. The molecule has 0 fully saturated rings. The Morgan fingerprint density at radius 1 is 1.06 bits per heavy atom. The fourth-order valence-electron chi connectivity index (χ4n) is 2.28. The average Bonchev–Trinajstić information content (AvgIpc) is 2.33. The van der Waals surface area contributed by atoms with Gasteiger partial charge in [-0.25, -0.2) is 0 Å². The van der Waals surface area contributed by atoms with Crippen LogP contribution in [0.25, 0.3) is 0 Å². The standard InChI is InChI=1S/C15H35N3/c1-7-10-16-13-14(3)15(4)18(8-2)12-9-11-17(5)6/h14-16H,7-13H2,1-6H3. The molecule has 0 aromatic heterocycles. The predicted octanol–water partition coefficient (Wildman–Crippen LogP) is 2.28. The quantitative estimate of drug-likeness (QED) is 0.573. The van der Waals surface area contributed by atoms with Gasteiger partial charge in [0.2, 0.25) is 0 Å². The number of rotatable bonds is 11. The predicted molar refractivity (Wildman–Crippen MR) is 82.2 cm³/mol. The van der Waals surface area contributed by atoms with E-state index in [-0.39, 0.29) is 0 Å². The van der Waals surface area contributed by atoms with E-state index in [0.29, 0.717) is 6.04 Å². The molecule has 0 aliphatic heterocycles. The summed E-state index contributed by atoms with van der Waals surface area (Å²) in [6.45, 7) is 15.1. The van der Waals surface area contributed by atoms with Crippen LogP contribution in [0.3, 0.4) is 0 Å². The first-order valence-corrected chi connectivity index (χ1v) is 7.62. The van der Waals surface area contributed by atoms with Gasteiger partial charge >= 0.3 is 0 Å². The third-order valence-corrected chi connectivity index (χ3v) is 3.75. The Balaban J connectivity index is 3.95. The van der Waals surface area contributed by atoms with E-state index in [9.17, 15) is 0 Å². The molecule has 3 heteroatoms. The molecule has 1 N–H and O–H groups in total. The summed E-state index contributed by atoms with van der Waals surface area (Å²) in [7, 11) is 4.30. The Bertz CT molecular complexity index is 183. The first-order chi connectivity index (χ1) is 8.52. The van der Waals surface area contributed by atoms with Crippen molar-refractivity contribution in [3.8, 4) is 0 Å². The second-order valence-electron chi connectivity index (χ2n) is 5.71. The van der Waals surface area contributed by atoms with Gasteiger partial charge in [-0.15, -0.1) is 0 Å². The summed E-state index contributed by atoms with van der Waals surface area (Å²) in [5.41, 5.74) is 0. The molecular formula is C15H35N3. The second-order valence-corrected chi connectivity index (χ2v) is 5.71. The maximum atomic E-state index is 3.53. The zero-order valence-electron chi connectivity index (χ0n) is 13.5. The molecule has 0 spiro atoms. The third-order valence-electron chi connectivity index (χ3n) is 3.75. The van der Waals surface area contributed by atoms with Crippen LogP contribution in [-0.2, 0) is 0 Å². The van der Waals surface area contributed by atoms with Crippen molar-refractivity contribution in [2.45, 2.75) is 46.6 Å². The lowest BCUT2D eigenvalue weighted by Gasteiger charge is -2.32. The van der Waals surface area contributed by atoms with E-state index in [1.165, 1.54) is 25.9 Å². The van der Waals surface area contributed by atoms with Gasteiger partial charge < -0.3 is 15.1 Å². The minimum absolute atomic E-state index is 0.668. The summed E-state index contributed by atoms with van der Waals surface area (Å²) in [6.07, 6.45) is 2.49. The molecule has 0 heterocycles. The highest BCUT2D eigenvalue weighted by atomic mass is 15.2. The van der Waals surface area contributed by atoms with Crippen molar-refractivity contribution < 1.29 is 0 Å². The lowest BCUT2D eigenvalue weighted by atomic mass is 10.0. The van der Waals surface area contributed by atoms with Gasteiger partial charge in [0.1, 0.15) is 0 Å². The van der Waals surface area contributed by atoms with Crippen LogP contribution in [0.4, 0.5) is 0 Å². The number of hydrogen-bond acceptors (Lipinski definition) is 3. The maximum absolute atomic E-state index is 3.53. The Kier molecular flexibility index (Phi) is 10.7. The first-order valence-electron chi connectivity index (χ1n) is 7.62. The highest BCUT2D eigenvalue weighted by Crippen LogP contribution is 2.10. The fraction of sp³-hybridized carbons (Fsp3) is 1.00. The minimum atomic E-state index is 0.668. The van der Waals surface area contributed by atoms with E-state index in [2.05, 4.69) is 56.9 Å². The van der Waals surface area contributed by atoms with Gasteiger partial charge in [0.15, 0.2) is 0 Å². The van der Waals surface area contributed by atoms with Gasteiger partial charge in [-0.2, -0.15) is 0 Å². The SMILES string of the molecule is CCCNCC(C)C(C)N(CC)CCCN(C)C. The van der Waals surface area contributed by atoms with Crippen LogP contribution in [-0.4, -0.2) is 62.7 Å². The van der Waals surface area contributed by atoms with E-state index < -0.39 is 0 Å². The highest BCUT2D eigenvalue weighted by molar-refractivity contribution is 4.74. The Morgan fingerprint density at radius 2 is 1.72 bits per heavy atom. The molecule has 0 amide bonds. The summed E-state index contributed by atoms with van der Waals surface area (Å²) in [5.74, 6) is 0.718. The van der Waals surface area contributed by atoms with Gasteiger partial charge in [-0.1, -0.05) is 20.8 Å². The summed E-state index contributed by atoms with van der Waals surface area (Å²) < 4.78 is 0. The van der Waals surface area contributed by atoms with Crippen LogP contribution >= 0.6 is 0 Å². The van der Waals surface area contributed by atoms with Crippen molar-refractivity contribution in [2.75, 3.05) is 46.8 Å². The van der Waals surface area contributed by atoms with Gasteiger partial charge in [-0.05, 0) is 72.5 Å². The van der Waals surface area contributed by atoms with Crippen molar-refractivity contribution in [2.24, 2.45) is 5.92 Å². The van der Waals surface area contributed by atoms with E-state index in [1.807, 2.05) is 0 Å². The molecule has 2 atom stereocenters. The molecule has 0 bridgehead atoms. The van der Waals surface area contributed by atoms with Crippen LogP contribution in [0.5, 0.6) is 0 Å². The third kappa shape index (κ3) is 8.06. The van der Waals surface area contributed by atoms with Crippen LogP contribution in [0.2, 0.25) is 0 Å². The van der Waals surface area contributed by atoms with E-state index in [4.69, 9.17) is 0 Å². The van der Waals surface area contributed by atoms with Crippen molar-refractivity contribution in [1.82, 2.24) is 15.1 Å². The molecule has 0 aliphatic carbocycles. The van der Waals surface area contributed by atoms with E-state index >= 15 is 0 Å². The Hall–Kier alpha value is -0.120. The van der Waals surface area contributed by atoms with Crippen LogP contribution < -0.4 is 5.32 Å². The van der Waals surface area contributed by atoms with E-state index in [1.54, 1.807) is 0 Å². The zero-order chi connectivity index (χ0) is 14.0. The summed E-state index contributed by atoms with van der Waals surface area (Å²) in [6, 6.07) is 0.668. The molecule has 110 valence electrons. The highest BCUT2D eigenvalue weighted by Gasteiger charge is 2.18. The number of hydrogen-bond donors (Lipinski definition) is 1. The fourth-order valence-corrected chi connectivity index (χ4v) is 2.28. The molecule has 0 aliphatic rings.